The zero-order valence-corrected chi connectivity index (χ0v) is 15.4. The molecule has 2 N–H and O–H groups in total. The van der Waals surface area contributed by atoms with Crippen LogP contribution in [0.25, 0.3) is 0 Å². The van der Waals surface area contributed by atoms with Crippen LogP contribution in [0.2, 0.25) is 0 Å². The Bertz CT molecular complexity index is 692. The van der Waals surface area contributed by atoms with E-state index in [2.05, 4.69) is 14.9 Å². The summed E-state index contributed by atoms with van der Waals surface area (Å²) in [6.45, 7) is 3.95. The fraction of sp³-hybridized carbons (Fsp3) is 0.750. The summed E-state index contributed by atoms with van der Waals surface area (Å²) in [6.07, 6.45) is 1.63. The number of sulfonamides is 2. The summed E-state index contributed by atoms with van der Waals surface area (Å²) in [7, 11) is -5.61. The second-order valence-corrected chi connectivity index (χ2v) is 8.86. The Morgan fingerprint density at radius 3 is 2.35 bits per heavy atom. The molecule has 0 aromatic carbocycles. The van der Waals surface area contributed by atoms with Gasteiger partial charge in [0, 0.05) is 33.4 Å². The number of aromatic amines is 1. The predicted octanol–water partition coefficient (Wildman–Crippen LogP) is -0.397. The molecule has 1 aromatic rings. The third-order valence-corrected chi connectivity index (χ3v) is 6.23. The molecule has 0 aliphatic carbocycles. The molecule has 0 fully saturated rings. The van der Waals surface area contributed by atoms with Gasteiger partial charge in [-0.2, -0.15) is 5.10 Å². The van der Waals surface area contributed by atoms with E-state index in [1.807, 2.05) is 0 Å². The number of H-pyrrole nitrogens is 1. The molecule has 1 aromatic heterocycles. The third kappa shape index (κ3) is 5.84. The third-order valence-electron chi connectivity index (χ3n) is 3.21. The molecule has 1 heterocycles. The number of ether oxygens (including phenoxy) is 1. The fourth-order valence-electron chi connectivity index (χ4n) is 2.14. The van der Waals surface area contributed by atoms with Crippen LogP contribution < -0.4 is 4.72 Å². The summed E-state index contributed by atoms with van der Waals surface area (Å²) < 4.78 is 56.5. The molecule has 0 aliphatic heterocycles. The first-order valence-corrected chi connectivity index (χ1v) is 10.4. The Morgan fingerprint density at radius 2 is 1.87 bits per heavy atom. The molecule has 134 valence electrons. The molecule has 0 amide bonds. The molecule has 0 unspecified atom stereocenters. The van der Waals surface area contributed by atoms with Crippen molar-refractivity contribution in [2.24, 2.45) is 0 Å². The van der Waals surface area contributed by atoms with E-state index in [1.54, 1.807) is 13.8 Å². The average molecular weight is 368 g/mol. The van der Waals surface area contributed by atoms with Crippen molar-refractivity contribution >= 4 is 20.0 Å². The van der Waals surface area contributed by atoms with E-state index in [-0.39, 0.29) is 24.5 Å². The molecule has 0 saturated carbocycles. The van der Waals surface area contributed by atoms with Crippen LogP contribution in [-0.4, -0.2) is 70.9 Å². The van der Waals surface area contributed by atoms with Gasteiger partial charge in [0.05, 0.1) is 17.6 Å². The zero-order valence-electron chi connectivity index (χ0n) is 13.8. The van der Waals surface area contributed by atoms with Gasteiger partial charge in [0.25, 0.3) is 0 Å². The maximum atomic E-state index is 12.3. The zero-order chi connectivity index (χ0) is 17.7. The van der Waals surface area contributed by atoms with Gasteiger partial charge in [-0.1, -0.05) is 0 Å². The lowest BCUT2D eigenvalue weighted by atomic mass is 10.4. The van der Waals surface area contributed by atoms with Crippen molar-refractivity contribution < 1.29 is 21.6 Å². The quantitative estimate of drug-likeness (QED) is 0.542. The molecule has 11 heteroatoms. The minimum atomic E-state index is -3.73. The second-order valence-electron chi connectivity index (χ2n) is 5.17. The van der Waals surface area contributed by atoms with Crippen molar-refractivity contribution in [1.29, 1.82) is 0 Å². The van der Waals surface area contributed by atoms with Gasteiger partial charge in [0.1, 0.15) is 4.90 Å². The van der Waals surface area contributed by atoms with Gasteiger partial charge in [0.15, 0.2) is 0 Å². The van der Waals surface area contributed by atoms with Crippen molar-refractivity contribution in [2.75, 3.05) is 39.6 Å². The van der Waals surface area contributed by atoms with Crippen LogP contribution in [-0.2, 0) is 24.8 Å². The lowest BCUT2D eigenvalue weighted by Crippen LogP contribution is -2.39. The highest BCUT2D eigenvalue weighted by Crippen LogP contribution is 2.15. The molecule has 0 bridgehead atoms. The second kappa shape index (κ2) is 8.20. The maximum Gasteiger partial charge on any atom is 0.244 e. The predicted molar refractivity (Wildman–Crippen MR) is 86.2 cm³/mol. The Balaban J connectivity index is 2.69. The number of hydrogen-bond acceptors (Lipinski definition) is 6. The van der Waals surface area contributed by atoms with E-state index >= 15 is 0 Å². The Morgan fingerprint density at radius 1 is 1.22 bits per heavy atom. The standard InChI is InChI=1S/C12H24N4O5S2/c1-10-12(11(2)15-14-10)23(19,20)13-6-8-16(22(4,17)18)7-5-9-21-3/h13H,5-9H2,1-4H3,(H,14,15). The molecule has 0 radical (unpaired) electrons. The van der Waals surface area contributed by atoms with Crippen LogP contribution in [0.4, 0.5) is 0 Å². The molecule has 1 rings (SSSR count). The number of aryl methyl sites for hydroxylation is 2. The van der Waals surface area contributed by atoms with Gasteiger partial charge in [-0.25, -0.2) is 25.9 Å². The largest absolute Gasteiger partial charge is 0.385 e. The van der Waals surface area contributed by atoms with Crippen LogP contribution in [0.3, 0.4) is 0 Å². The number of rotatable bonds is 10. The molecule has 9 nitrogen and oxygen atoms in total. The fourth-order valence-corrected chi connectivity index (χ4v) is 4.41. The van der Waals surface area contributed by atoms with Crippen molar-refractivity contribution in [3.8, 4) is 0 Å². The van der Waals surface area contributed by atoms with Gasteiger partial charge in [-0.15, -0.1) is 0 Å². The normalized spacial score (nSPS) is 12.9. The Labute approximate surface area is 137 Å². The van der Waals surface area contributed by atoms with Gasteiger partial charge in [-0.3, -0.25) is 5.10 Å². The molecule has 0 aliphatic rings. The summed E-state index contributed by atoms with van der Waals surface area (Å²) in [5.74, 6) is 0. The van der Waals surface area contributed by atoms with Gasteiger partial charge in [0.2, 0.25) is 20.0 Å². The molecular formula is C12H24N4O5S2. The lowest BCUT2D eigenvalue weighted by Gasteiger charge is -2.20. The summed E-state index contributed by atoms with van der Waals surface area (Å²) in [5.41, 5.74) is 0.810. The first kappa shape index (κ1) is 20.0. The van der Waals surface area contributed by atoms with Crippen molar-refractivity contribution in [1.82, 2.24) is 19.2 Å². The van der Waals surface area contributed by atoms with Crippen molar-refractivity contribution in [3.63, 3.8) is 0 Å². The Kier molecular flexibility index (Phi) is 7.14. The van der Waals surface area contributed by atoms with Gasteiger partial charge >= 0.3 is 0 Å². The van der Waals surface area contributed by atoms with Crippen LogP contribution in [0.5, 0.6) is 0 Å². The topological polar surface area (TPSA) is 121 Å². The SMILES string of the molecule is COCCCN(CCNS(=O)(=O)c1c(C)n[nH]c1C)S(C)(=O)=O. The monoisotopic (exact) mass is 368 g/mol. The maximum absolute atomic E-state index is 12.3. The number of aromatic nitrogens is 2. The highest BCUT2D eigenvalue weighted by Gasteiger charge is 2.23. The van der Waals surface area contributed by atoms with E-state index < -0.39 is 20.0 Å². The van der Waals surface area contributed by atoms with Gasteiger partial charge in [-0.05, 0) is 20.3 Å². The number of nitrogens with zero attached hydrogens (tertiary/aromatic N) is 2. The number of methoxy groups -OCH3 is 1. The van der Waals surface area contributed by atoms with E-state index in [0.717, 1.165) is 6.26 Å². The van der Waals surface area contributed by atoms with Crippen LogP contribution in [0, 0.1) is 13.8 Å². The molecule has 0 atom stereocenters. The van der Waals surface area contributed by atoms with Crippen LogP contribution >= 0.6 is 0 Å². The summed E-state index contributed by atoms with van der Waals surface area (Å²) in [6, 6.07) is 0. The number of nitrogens with one attached hydrogen (secondary N) is 2. The van der Waals surface area contributed by atoms with Crippen molar-refractivity contribution in [3.05, 3.63) is 11.4 Å². The summed E-state index contributed by atoms with van der Waals surface area (Å²) >= 11 is 0. The summed E-state index contributed by atoms with van der Waals surface area (Å²) in [4.78, 5) is 0.0998. The molecule has 23 heavy (non-hydrogen) atoms. The van der Waals surface area contributed by atoms with Gasteiger partial charge < -0.3 is 4.74 Å². The molecular weight excluding hydrogens is 344 g/mol. The van der Waals surface area contributed by atoms with Crippen LogP contribution in [0.1, 0.15) is 17.8 Å². The van der Waals surface area contributed by atoms with E-state index in [0.29, 0.717) is 24.4 Å². The highest BCUT2D eigenvalue weighted by molar-refractivity contribution is 7.89. The Hall–Kier alpha value is -1.01. The molecule has 0 saturated heterocycles. The van der Waals surface area contributed by atoms with E-state index in [9.17, 15) is 16.8 Å². The van der Waals surface area contributed by atoms with E-state index in [1.165, 1.54) is 11.4 Å². The minimum absolute atomic E-state index is 0.0214. The molecule has 0 spiro atoms. The summed E-state index contributed by atoms with van der Waals surface area (Å²) in [5, 5.41) is 6.46. The minimum Gasteiger partial charge on any atom is -0.385 e. The van der Waals surface area contributed by atoms with Crippen LogP contribution in [0.15, 0.2) is 4.90 Å². The van der Waals surface area contributed by atoms with Crippen molar-refractivity contribution in [2.45, 2.75) is 25.2 Å². The highest BCUT2D eigenvalue weighted by atomic mass is 32.2. The number of hydrogen-bond donors (Lipinski definition) is 2. The smallest absolute Gasteiger partial charge is 0.244 e. The first-order valence-electron chi connectivity index (χ1n) is 7.05. The van der Waals surface area contributed by atoms with E-state index in [4.69, 9.17) is 4.74 Å². The first-order chi connectivity index (χ1) is 10.6. The average Bonchev–Trinajstić information content (AvgIpc) is 2.76. The lowest BCUT2D eigenvalue weighted by molar-refractivity contribution is 0.187.